The summed E-state index contributed by atoms with van der Waals surface area (Å²) in [7, 11) is 1.55. The number of amides is 1. The van der Waals surface area contributed by atoms with E-state index in [0.29, 0.717) is 44.2 Å². The minimum absolute atomic E-state index is 0.250. The molecule has 3 aromatic rings. The Morgan fingerprint density at radius 2 is 1.64 bits per heavy atom. The summed E-state index contributed by atoms with van der Waals surface area (Å²) in [6, 6.07) is 8.58. The molecule has 1 aromatic carbocycles. The first kappa shape index (κ1) is 27.9. The number of imidazole rings is 1. The Bertz CT molecular complexity index is 1530. The lowest BCUT2D eigenvalue weighted by Gasteiger charge is -2.36. The summed E-state index contributed by atoms with van der Waals surface area (Å²) in [6.07, 6.45) is 1.61. The number of fused-ring (bicyclic) bond motifs is 1. The molecule has 0 unspecified atom stereocenters. The maximum absolute atomic E-state index is 13.7. The van der Waals surface area contributed by atoms with Crippen molar-refractivity contribution in [2.45, 2.75) is 53.3 Å². The van der Waals surface area contributed by atoms with Crippen LogP contribution >= 0.6 is 0 Å². The van der Waals surface area contributed by atoms with Gasteiger partial charge in [-0.05, 0) is 34.6 Å². The maximum atomic E-state index is 13.7. The van der Waals surface area contributed by atoms with Crippen molar-refractivity contribution in [2.24, 2.45) is 7.05 Å². The summed E-state index contributed by atoms with van der Waals surface area (Å²) in [5.41, 5.74) is 0.227. The fourth-order valence-electron chi connectivity index (χ4n) is 4.46. The zero-order chi connectivity index (χ0) is 28.5. The molecule has 1 saturated heterocycles. The third-order valence-electron chi connectivity index (χ3n) is 6.51. The Balaban J connectivity index is 1.73. The second-order valence-corrected chi connectivity index (χ2v) is 11.0. The van der Waals surface area contributed by atoms with Crippen molar-refractivity contribution >= 4 is 29.0 Å². The zero-order valence-corrected chi connectivity index (χ0v) is 23.4. The number of nitrogens with zero attached hydrogens (tertiary/aromatic N) is 6. The number of ether oxygens (including phenoxy) is 1. The fraction of sp³-hybridized carbons (Fsp3) is 0.464. The van der Waals surface area contributed by atoms with E-state index in [1.165, 1.54) is 4.57 Å². The smallest absolute Gasteiger partial charge is 0.410 e. The summed E-state index contributed by atoms with van der Waals surface area (Å²) >= 11 is 0. The van der Waals surface area contributed by atoms with Crippen molar-refractivity contribution in [3.05, 3.63) is 68.4 Å². The molecule has 3 heterocycles. The van der Waals surface area contributed by atoms with Crippen LogP contribution in [0.3, 0.4) is 0 Å². The van der Waals surface area contributed by atoms with Crippen LogP contribution in [0.2, 0.25) is 0 Å². The number of aryl methyl sites for hydroxylation is 1. The highest BCUT2D eigenvalue weighted by Crippen LogP contribution is 2.22. The molecule has 0 aliphatic carbocycles. The largest absolute Gasteiger partial charge is 0.444 e. The molecule has 1 amide bonds. The molecule has 208 valence electrons. The molecule has 0 radical (unpaired) electrons. The second kappa shape index (κ2) is 10.9. The van der Waals surface area contributed by atoms with Gasteiger partial charge in [0.05, 0.1) is 6.54 Å². The lowest BCUT2D eigenvalue weighted by molar-refractivity contribution is 0.0240. The minimum Gasteiger partial charge on any atom is -0.444 e. The van der Waals surface area contributed by atoms with E-state index in [2.05, 4.69) is 0 Å². The summed E-state index contributed by atoms with van der Waals surface area (Å²) in [4.78, 5) is 60.8. The van der Waals surface area contributed by atoms with E-state index in [9.17, 15) is 19.2 Å². The van der Waals surface area contributed by atoms with Crippen LogP contribution in [0.4, 0.5) is 10.7 Å². The van der Waals surface area contributed by atoms with Crippen molar-refractivity contribution in [1.29, 1.82) is 0 Å². The molecule has 2 aromatic heterocycles. The molecule has 39 heavy (non-hydrogen) atoms. The fourth-order valence-corrected chi connectivity index (χ4v) is 4.46. The molecule has 4 rings (SSSR count). The second-order valence-electron chi connectivity index (χ2n) is 11.0. The molecule has 0 saturated carbocycles. The Labute approximate surface area is 226 Å². The normalized spacial score (nSPS) is 14.0. The summed E-state index contributed by atoms with van der Waals surface area (Å²) in [5.74, 6) is 0.202. The van der Waals surface area contributed by atoms with E-state index < -0.39 is 16.9 Å². The van der Waals surface area contributed by atoms with Crippen LogP contribution in [-0.2, 0) is 24.9 Å². The summed E-state index contributed by atoms with van der Waals surface area (Å²) in [6.45, 7) is 11.2. The van der Waals surface area contributed by atoms with E-state index in [1.54, 1.807) is 46.8 Å². The van der Waals surface area contributed by atoms with Crippen molar-refractivity contribution in [3.8, 4) is 0 Å². The Hall–Kier alpha value is -4.15. The predicted molar refractivity (Wildman–Crippen MR) is 149 cm³/mol. The van der Waals surface area contributed by atoms with Gasteiger partial charge in [-0.15, -0.1) is 0 Å². The molecular weight excluding hydrogens is 500 g/mol. The van der Waals surface area contributed by atoms with E-state index >= 15 is 0 Å². The number of rotatable bonds is 6. The zero-order valence-electron chi connectivity index (χ0n) is 23.4. The number of aromatic nitrogens is 4. The average Bonchev–Trinajstić information content (AvgIpc) is 3.28. The molecular formula is C28H36N6O5. The Kier molecular flexibility index (Phi) is 7.80. The third kappa shape index (κ3) is 5.97. The maximum Gasteiger partial charge on any atom is 0.410 e. The van der Waals surface area contributed by atoms with Gasteiger partial charge in [-0.3, -0.25) is 18.7 Å². The number of carbonyl (C=O) groups excluding carboxylic acids is 2. The molecule has 1 aliphatic heterocycles. The number of hydrogen-bond donors (Lipinski definition) is 0. The number of carbonyl (C=O) groups is 2. The number of Topliss-reactive ketones (excluding diaryl/α,β-unsaturated/α-hetero) is 1. The third-order valence-corrected chi connectivity index (χ3v) is 6.51. The van der Waals surface area contributed by atoms with Crippen molar-refractivity contribution < 1.29 is 14.3 Å². The van der Waals surface area contributed by atoms with Crippen molar-refractivity contribution in [3.63, 3.8) is 0 Å². The first-order chi connectivity index (χ1) is 18.4. The van der Waals surface area contributed by atoms with Crippen LogP contribution in [0.15, 0.2) is 51.6 Å². The van der Waals surface area contributed by atoms with Crippen LogP contribution in [0.25, 0.3) is 11.2 Å². The van der Waals surface area contributed by atoms with Gasteiger partial charge >= 0.3 is 11.8 Å². The highest BCUT2D eigenvalue weighted by Gasteiger charge is 2.29. The van der Waals surface area contributed by atoms with Gasteiger partial charge in [0, 0.05) is 45.3 Å². The molecule has 1 fully saturated rings. The van der Waals surface area contributed by atoms with E-state index in [1.807, 2.05) is 45.6 Å². The van der Waals surface area contributed by atoms with Gasteiger partial charge in [0.2, 0.25) is 5.95 Å². The first-order valence-electron chi connectivity index (χ1n) is 13.0. The van der Waals surface area contributed by atoms with Crippen molar-refractivity contribution in [2.75, 3.05) is 31.1 Å². The van der Waals surface area contributed by atoms with Gasteiger partial charge in [0.25, 0.3) is 5.56 Å². The number of ketones is 1. The van der Waals surface area contributed by atoms with E-state index in [0.717, 1.165) is 10.1 Å². The average molecular weight is 537 g/mol. The number of piperazine rings is 1. The van der Waals surface area contributed by atoms with Gasteiger partial charge in [-0.1, -0.05) is 42.0 Å². The molecule has 0 spiro atoms. The number of anilines is 1. The monoisotopic (exact) mass is 536 g/mol. The minimum atomic E-state index is -0.607. The Morgan fingerprint density at radius 3 is 2.23 bits per heavy atom. The molecule has 1 aliphatic rings. The SMILES string of the molecule is CC(C)=CCn1c(N2CCN(C(=O)OC(C)(C)C)CC2)nc2c1c(=O)n(CC(=O)c1ccccc1)c(=O)n2C. The number of benzene rings is 1. The van der Waals surface area contributed by atoms with Gasteiger partial charge in [-0.25, -0.2) is 9.59 Å². The van der Waals surface area contributed by atoms with Crippen LogP contribution in [-0.4, -0.2) is 67.2 Å². The lowest BCUT2D eigenvalue weighted by atomic mass is 10.1. The van der Waals surface area contributed by atoms with Gasteiger partial charge in [0.15, 0.2) is 16.9 Å². The molecule has 0 atom stereocenters. The van der Waals surface area contributed by atoms with E-state index in [-0.39, 0.29) is 29.6 Å². The Morgan fingerprint density at radius 1 is 1.00 bits per heavy atom. The molecule has 0 bridgehead atoms. The number of hydrogen-bond acceptors (Lipinski definition) is 7. The lowest BCUT2D eigenvalue weighted by Crippen LogP contribution is -2.50. The van der Waals surface area contributed by atoms with E-state index in [4.69, 9.17) is 9.72 Å². The van der Waals surface area contributed by atoms with Gasteiger partial charge in [0.1, 0.15) is 5.60 Å². The first-order valence-corrected chi connectivity index (χ1v) is 13.0. The van der Waals surface area contributed by atoms with Crippen LogP contribution in [0.5, 0.6) is 0 Å². The van der Waals surface area contributed by atoms with Gasteiger partial charge in [-0.2, -0.15) is 4.98 Å². The highest BCUT2D eigenvalue weighted by molar-refractivity contribution is 5.96. The molecule has 11 heteroatoms. The quantitative estimate of drug-likeness (QED) is 0.352. The van der Waals surface area contributed by atoms with Crippen molar-refractivity contribution in [1.82, 2.24) is 23.6 Å². The molecule has 11 nitrogen and oxygen atoms in total. The van der Waals surface area contributed by atoms with Crippen LogP contribution < -0.4 is 16.1 Å². The standard InChI is InChI=1S/C28H36N6O5/c1-19(2)12-13-33-22-23(29-25(33)31-14-16-32(17-15-31)27(38)39-28(3,4)5)30(6)26(37)34(24(22)36)18-21(35)20-10-8-7-9-11-20/h7-12H,13-18H2,1-6H3. The highest BCUT2D eigenvalue weighted by atomic mass is 16.6. The topological polar surface area (TPSA) is 112 Å². The van der Waals surface area contributed by atoms with Crippen LogP contribution in [0, 0.1) is 0 Å². The summed E-state index contributed by atoms with van der Waals surface area (Å²) in [5, 5.41) is 0. The summed E-state index contributed by atoms with van der Waals surface area (Å²) < 4.78 is 9.58. The molecule has 0 N–H and O–H groups in total. The predicted octanol–water partition coefficient (Wildman–Crippen LogP) is 2.80. The number of allylic oxidation sites excluding steroid dienone is 2. The van der Waals surface area contributed by atoms with Crippen LogP contribution in [0.1, 0.15) is 45.0 Å². The van der Waals surface area contributed by atoms with Gasteiger partial charge < -0.3 is 19.1 Å².